The maximum absolute atomic E-state index is 14.0. The second-order valence-electron chi connectivity index (χ2n) is 9.71. The van der Waals surface area contributed by atoms with Gasteiger partial charge in [-0.2, -0.15) is 0 Å². The first-order chi connectivity index (χ1) is 19.0. The summed E-state index contributed by atoms with van der Waals surface area (Å²) in [5, 5.41) is 5.13. The normalized spacial score (nSPS) is 16.5. The molecule has 4 N–H and O–H groups in total. The van der Waals surface area contributed by atoms with Crippen molar-refractivity contribution in [3.63, 3.8) is 0 Å². The van der Waals surface area contributed by atoms with Crippen molar-refractivity contribution in [1.82, 2.24) is 15.2 Å². The molecule has 0 radical (unpaired) electrons. The molecule has 3 rings (SSSR count). The van der Waals surface area contributed by atoms with E-state index in [1.807, 2.05) is 13.8 Å². The van der Waals surface area contributed by atoms with Crippen LogP contribution in [0, 0.1) is 23.4 Å². The van der Waals surface area contributed by atoms with Gasteiger partial charge in [-0.15, -0.1) is 11.8 Å². The predicted molar refractivity (Wildman–Crippen MR) is 146 cm³/mol. The maximum atomic E-state index is 14.0. The van der Waals surface area contributed by atoms with Crippen molar-refractivity contribution in [2.24, 2.45) is 11.7 Å². The van der Waals surface area contributed by atoms with E-state index in [0.29, 0.717) is 29.7 Å². The number of hydrogen-bond acceptors (Lipinski definition) is 8. The fourth-order valence-electron chi connectivity index (χ4n) is 4.15. The third kappa shape index (κ3) is 8.34. The summed E-state index contributed by atoms with van der Waals surface area (Å²) in [6, 6.07) is 3.26. The van der Waals surface area contributed by atoms with Crippen LogP contribution in [0.15, 0.2) is 30.5 Å². The molecular weight excluding hydrogens is 547 g/mol. The van der Waals surface area contributed by atoms with Crippen LogP contribution in [0.25, 0.3) is 0 Å². The van der Waals surface area contributed by atoms with Gasteiger partial charge in [0.2, 0.25) is 5.91 Å². The van der Waals surface area contributed by atoms with Crippen LogP contribution in [-0.2, 0) is 32.1 Å². The van der Waals surface area contributed by atoms with Gasteiger partial charge in [-0.25, -0.2) is 18.0 Å². The number of esters is 1. The molecule has 1 aromatic heterocycles. The number of carbonyl (C=O) groups excluding carboxylic acids is 3. The minimum Gasteiger partial charge on any atom is -0.464 e. The van der Waals surface area contributed by atoms with Gasteiger partial charge in [0.15, 0.2) is 17.0 Å². The number of rotatable bonds is 12. The molecule has 1 fully saturated rings. The number of hydrogen-bond donors (Lipinski definition) is 3. The summed E-state index contributed by atoms with van der Waals surface area (Å²) in [7, 11) is 0. The van der Waals surface area contributed by atoms with Gasteiger partial charge in [-0.1, -0.05) is 13.8 Å². The zero-order valence-electron chi connectivity index (χ0n) is 22.6. The molecule has 1 saturated heterocycles. The summed E-state index contributed by atoms with van der Waals surface area (Å²) in [6.07, 6.45) is 1.20. The van der Waals surface area contributed by atoms with Crippen molar-refractivity contribution in [2.75, 3.05) is 24.2 Å². The number of aromatic nitrogens is 1. The topological polar surface area (TPSA) is 127 Å². The number of amides is 2. The number of halogens is 3. The molecular formula is C27H34F3N5O4S. The van der Waals surface area contributed by atoms with Gasteiger partial charge in [-0.3, -0.25) is 14.6 Å². The zero-order valence-corrected chi connectivity index (χ0v) is 23.4. The van der Waals surface area contributed by atoms with Gasteiger partial charge in [0.05, 0.1) is 30.7 Å². The quantitative estimate of drug-likeness (QED) is 0.258. The van der Waals surface area contributed by atoms with Crippen LogP contribution in [0.2, 0.25) is 0 Å². The molecule has 218 valence electrons. The molecule has 2 amide bonds. The van der Waals surface area contributed by atoms with E-state index in [2.05, 4.69) is 15.6 Å². The van der Waals surface area contributed by atoms with Crippen molar-refractivity contribution in [3.8, 4) is 0 Å². The highest BCUT2D eigenvalue weighted by atomic mass is 32.2. The first kappa shape index (κ1) is 31.2. The smallest absolute Gasteiger partial charge is 0.328 e. The number of nitrogens with one attached hydrogen (secondary N) is 2. The lowest BCUT2D eigenvalue weighted by molar-refractivity contribution is -0.145. The second-order valence-corrected chi connectivity index (χ2v) is 10.9. The van der Waals surface area contributed by atoms with E-state index in [-0.39, 0.29) is 49.4 Å². The number of carbonyl (C=O) groups is 3. The van der Waals surface area contributed by atoms with E-state index in [1.165, 1.54) is 16.7 Å². The van der Waals surface area contributed by atoms with Crippen molar-refractivity contribution in [1.29, 1.82) is 0 Å². The first-order valence-electron chi connectivity index (χ1n) is 13.0. The minimum absolute atomic E-state index is 0.00536. The number of thioether (sulfide) groups is 1. The third-order valence-electron chi connectivity index (χ3n) is 6.24. The Labute approximate surface area is 235 Å². The minimum atomic E-state index is -1.30. The number of nitrogens with two attached hydrogens (primary N) is 1. The molecule has 13 heteroatoms. The fraction of sp³-hybridized carbons (Fsp3) is 0.481. The third-order valence-corrected chi connectivity index (χ3v) is 7.44. The molecule has 40 heavy (non-hydrogen) atoms. The molecule has 1 aromatic carbocycles. The van der Waals surface area contributed by atoms with E-state index in [0.717, 1.165) is 6.07 Å². The van der Waals surface area contributed by atoms with E-state index in [4.69, 9.17) is 10.5 Å². The second kappa shape index (κ2) is 14.4. The van der Waals surface area contributed by atoms with Crippen LogP contribution in [0.3, 0.4) is 0 Å². The number of benzene rings is 1. The number of nitrogens with zero attached hydrogens (tertiary/aromatic N) is 2. The van der Waals surface area contributed by atoms with E-state index >= 15 is 0 Å². The summed E-state index contributed by atoms with van der Waals surface area (Å²) in [5.74, 6) is -4.00. The molecule has 2 heterocycles. The molecule has 0 bridgehead atoms. The Morgan fingerprint density at radius 2 is 1.90 bits per heavy atom. The van der Waals surface area contributed by atoms with Crippen LogP contribution in [0.5, 0.6) is 0 Å². The van der Waals surface area contributed by atoms with E-state index in [9.17, 15) is 27.6 Å². The van der Waals surface area contributed by atoms with Crippen LogP contribution in [0.1, 0.15) is 38.4 Å². The lowest BCUT2D eigenvalue weighted by Crippen LogP contribution is -2.46. The SMILES string of the molecule is CCOC(=O)C(Nc1ccc(CNC(=O)[C@@H]2SCCN2C(=O)C[C@H](N)Cc2cc(F)c(F)cc2F)nc1)C(C)C. The number of pyridine rings is 1. The first-order valence-corrected chi connectivity index (χ1v) is 14.0. The largest absolute Gasteiger partial charge is 0.464 e. The maximum Gasteiger partial charge on any atom is 0.328 e. The van der Waals surface area contributed by atoms with E-state index in [1.54, 1.807) is 25.3 Å². The highest BCUT2D eigenvalue weighted by molar-refractivity contribution is 8.00. The summed E-state index contributed by atoms with van der Waals surface area (Å²) in [5.41, 5.74) is 7.08. The Morgan fingerprint density at radius 3 is 2.55 bits per heavy atom. The monoisotopic (exact) mass is 581 g/mol. The molecule has 0 saturated carbocycles. The van der Waals surface area contributed by atoms with Crippen LogP contribution in [-0.4, -0.2) is 64.0 Å². The number of ether oxygens (including phenoxy) is 1. The average molecular weight is 582 g/mol. The van der Waals surface area contributed by atoms with Gasteiger partial charge in [0.25, 0.3) is 5.91 Å². The lowest BCUT2D eigenvalue weighted by atomic mass is 10.0. The Balaban J connectivity index is 1.52. The molecule has 1 unspecified atom stereocenters. The highest BCUT2D eigenvalue weighted by Gasteiger charge is 2.35. The molecule has 0 spiro atoms. The fourth-order valence-corrected chi connectivity index (χ4v) is 5.31. The Hall–Kier alpha value is -3.32. The summed E-state index contributed by atoms with van der Waals surface area (Å²) < 4.78 is 45.7. The Bertz CT molecular complexity index is 1200. The van der Waals surface area contributed by atoms with Gasteiger partial charge in [0.1, 0.15) is 11.9 Å². The van der Waals surface area contributed by atoms with Crippen LogP contribution >= 0.6 is 11.8 Å². The summed E-state index contributed by atoms with van der Waals surface area (Å²) >= 11 is 1.30. The molecule has 1 aliphatic heterocycles. The van der Waals surface area contributed by atoms with Gasteiger partial charge >= 0.3 is 5.97 Å². The molecule has 0 aliphatic carbocycles. The Kier molecular flexibility index (Phi) is 11.2. The van der Waals surface area contributed by atoms with Crippen LogP contribution < -0.4 is 16.4 Å². The van der Waals surface area contributed by atoms with Crippen molar-refractivity contribution in [3.05, 3.63) is 59.2 Å². The molecule has 1 aliphatic rings. The van der Waals surface area contributed by atoms with E-state index < -0.39 is 40.8 Å². The predicted octanol–water partition coefficient (Wildman–Crippen LogP) is 2.98. The summed E-state index contributed by atoms with van der Waals surface area (Å²) in [6.45, 7) is 6.30. The lowest BCUT2D eigenvalue weighted by Gasteiger charge is -2.24. The van der Waals surface area contributed by atoms with Gasteiger partial charge < -0.3 is 26.0 Å². The van der Waals surface area contributed by atoms with Gasteiger partial charge in [0, 0.05) is 30.8 Å². The standard InChI is InChI=1S/C27H34F3N5O4S/c1-4-39-27(38)24(15(2)3)34-19-6-5-18(32-14-19)13-33-25(37)26-35(7-8-40-26)23(36)11-17(31)9-16-10-21(29)22(30)12-20(16)28/h5-6,10,12,14-15,17,24,26,34H,4,7-9,11,13,31H2,1-3H3,(H,33,37)/t17-,24?,26+/m1/s1. The summed E-state index contributed by atoms with van der Waals surface area (Å²) in [4.78, 5) is 43.7. The van der Waals surface area contributed by atoms with Crippen molar-refractivity contribution < 1.29 is 32.3 Å². The van der Waals surface area contributed by atoms with Gasteiger partial charge in [-0.05, 0) is 43.0 Å². The van der Waals surface area contributed by atoms with Crippen LogP contribution in [0.4, 0.5) is 18.9 Å². The highest BCUT2D eigenvalue weighted by Crippen LogP contribution is 2.25. The number of anilines is 1. The molecule has 9 nitrogen and oxygen atoms in total. The molecule has 2 aromatic rings. The molecule has 3 atom stereocenters. The van der Waals surface area contributed by atoms with Crippen molar-refractivity contribution >= 4 is 35.2 Å². The van der Waals surface area contributed by atoms with Crippen molar-refractivity contribution in [2.45, 2.75) is 57.6 Å². The Morgan fingerprint density at radius 1 is 1.18 bits per heavy atom. The average Bonchev–Trinajstić information content (AvgIpc) is 3.40. The zero-order chi connectivity index (χ0) is 29.4.